The van der Waals surface area contributed by atoms with Crippen LogP contribution in [0.15, 0.2) is 0 Å². The highest BCUT2D eigenvalue weighted by Gasteiger charge is 2.34. The summed E-state index contributed by atoms with van der Waals surface area (Å²) in [4.78, 5) is 0. The second-order valence-electron chi connectivity index (χ2n) is 2.50. The van der Waals surface area contributed by atoms with Crippen molar-refractivity contribution >= 4 is 12.6 Å². The van der Waals surface area contributed by atoms with Gasteiger partial charge in [0, 0.05) is 11.2 Å². The Morgan fingerprint density at radius 3 is 2.25 bits per heavy atom. The molecule has 2 heteroatoms. The van der Waals surface area contributed by atoms with Crippen LogP contribution in [0.4, 0.5) is 0 Å². The highest BCUT2D eigenvalue weighted by Crippen LogP contribution is 2.31. The number of hydrogen-bond donors (Lipinski definition) is 1. The minimum atomic E-state index is 0.448. The predicted octanol–water partition coefficient (Wildman–Crippen LogP) is 1.34. The SMILES string of the molecule is CCC1(CS)COC1. The molecule has 48 valence electrons. The molecule has 1 rings (SSSR count). The predicted molar refractivity (Wildman–Crippen MR) is 37.4 cm³/mol. The van der Waals surface area contributed by atoms with E-state index in [0.29, 0.717) is 5.41 Å². The van der Waals surface area contributed by atoms with Crippen LogP contribution in [0.5, 0.6) is 0 Å². The van der Waals surface area contributed by atoms with Crippen LogP contribution in [-0.2, 0) is 4.74 Å². The van der Waals surface area contributed by atoms with Gasteiger partial charge in [0.05, 0.1) is 13.2 Å². The smallest absolute Gasteiger partial charge is 0.0552 e. The molecule has 1 aliphatic rings. The summed E-state index contributed by atoms with van der Waals surface area (Å²) in [6.07, 6.45) is 1.20. The van der Waals surface area contributed by atoms with Crippen molar-refractivity contribution in [1.29, 1.82) is 0 Å². The third-order valence-corrected chi connectivity index (χ3v) is 2.57. The summed E-state index contributed by atoms with van der Waals surface area (Å²) in [6.45, 7) is 4.04. The normalized spacial score (nSPS) is 24.8. The van der Waals surface area contributed by atoms with Gasteiger partial charge in [-0.1, -0.05) is 6.92 Å². The van der Waals surface area contributed by atoms with Gasteiger partial charge >= 0.3 is 0 Å². The van der Waals surface area contributed by atoms with E-state index in [4.69, 9.17) is 4.74 Å². The molecule has 8 heavy (non-hydrogen) atoms. The standard InChI is InChI=1S/C6H12OS/c1-2-6(5-8)3-7-4-6/h8H,2-5H2,1H3. The van der Waals surface area contributed by atoms with Crippen molar-refractivity contribution in [3.8, 4) is 0 Å². The summed E-state index contributed by atoms with van der Waals surface area (Å²) in [7, 11) is 0. The Labute approximate surface area is 55.8 Å². The molecule has 0 saturated carbocycles. The van der Waals surface area contributed by atoms with Crippen molar-refractivity contribution in [2.45, 2.75) is 13.3 Å². The summed E-state index contributed by atoms with van der Waals surface area (Å²) in [5, 5.41) is 0. The third kappa shape index (κ3) is 0.869. The van der Waals surface area contributed by atoms with Crippen LogP contribution in [0.25, 0.3) is 0 Å². The molecule has 0 aromatic carbocycles. The molecule has 0 unspecified atom stereocenters. The maximum Gasteiger partial charge on any atom is 0.0552 e. The van der Waals surface area contributed by atoms with Crippen LogP contribution >= 0.6 is 12.6 Å². The first-order chi connectivity index (χ1) is 3.83. The van der Waals surface area contributed by atoms with Crippen LogP contribution in [0.1, 0.15) is 13.3 Å². The number of ether oxygens (including phenoxy) is 1. The fraction of sp³-hybridized carbons (Fsp3) is 1.00. The molecular formula is C6H12OS. The molecule has 0 radical (unpaired) electrons. The largest absolute Gasteiger partial charge is 0.380 e. The number of thiol groups is 1. The highest BCUT2D eigenvalue weighted by atomic mass is 32.1. The summed E-state index contributed by atoms with van der Waals surface area (Å²) < 4.78 is 5.07. The van der Waals surface area contributed by atoms with Crippen molar-refractivity contribution in [1.82, 2.24) is 0 Å². The van der Waals surface area contributed by atoms with Crippen molar-refractivity contribution in [3.63, 3.8) is 0 Å². The average molecular weight is 132 g/mol. The molecule has 0 aromatic rings. The fourth-order valence-electron chi connectivity index (χ4n) is 0.798. The molecule has 0 amide bonds. The first kappa shape index (κ1) is 6.43. The van der Waals surface area contributed by atoms with Gasteiger partial charge in [0.15, 0.2) is 0 Å². The van der Waals surface area contributed by atoms with E-state index in [1.54, 1.807) is 0 Å². The molecule has 1 nitrogen and oxygen atoms in total. The van der Waals surface area contributed by atoms with Crippen LogP contribution in [-0.4, -0.2) is 19.0 Å². The molecule has 0 aromatic heterocycles. The minimum absolute atomic E-state index is 0.448. The maximum absolute atomic E-state index is 5.07. The molecule has 0 spiro atoms. The van der Waals surface area contributed by atoms with Crippen LogP contribution in [0, 0.1) is 5.41 Å². The number of rotatable bonds is 2. The van der Waals surface area contributed by atoms with Crippen molar-refractivity contribution < 1.29 is 4.74 Å². The lowest BCUT2D eigenvalue weighted by molar-refractivity contribution is -0.0992. The second-order valence-corrected chi connectivity index (χ2v) is 2.82. The van der Waals surface area contributed by atoms with E-state index in [9.17, 15) is 0 Å². The minimum Gasteiger partial charge on any atom is -0.380 e. The molecule has 1 fully saturated rings. The van der Waals surface area contributed by atoms with Crippen molar-refractivity contribution in [3.05, 3.63) is 0 Å². The van der Waals surface area contributed by atoms with Crippen LogP contribution in [0.3, 0.4) is 0 Å². The van der Waals surface area contributed by atoms with Gasteiger partial charge < -0.3 is 4.74 Å². The Morgan fingerprint density at radius 1 is 1.62 bits per heavy atom. The third-order valence-electron chi connectivity index (χ3n) is 1.90. The van der Waals surface area contributed by atoms with Gasteiger partial charge in [0.2, 0.25) is 0 Å². The van der Waals surface area contributed by atoms with Gasteiger partial charge in [-0.25, -0.2) is 0 Å². The van der Waals surface area contributed by atoms with Gasteiger partial charge in [-0.3, -0.25) is 0 Å². The zero-order valence-electron chi connectivity index (χ0n) is 5.18. The highest BCUT2D eigenvalue weighted by molar-refractivity contribution is 7.80. The lowest BCUT2D eigenvalue weighted by Crippen LogP contribution is -2.43. The molecule has 1 heterocycles. The maximum atomic E-state index is 5.07. The Bertz CT molecular complexity index is 65.1. The topological polar surface area (TPSA) is 9.23 Å². The zero-order valence-corrected chi connectivity index (χ0v) is 6.08. The van der Waals surface area contributed by atoms with E-state index in [0.717, 1.165) is 19.0 Å². The monoisotopic (exact) mass is 132 g/mol. The van der Waals surface area contributed by atoms with Gasteiger partial charge in [-0.05, 0) is 6.42 Å². The zero-order chi connectivity index (χ0) is 6.04. The summed E-state index contributed by atoms with van der Waals surface area (Å²) in [5.74, 6) is 0.976. The first-order valence-corrected chi connectivity index (χ1v) is 3.65. The van der Waals surface area contributed by atoms with Crippen LogP contribution in [0.2, 0.25) is 0 Å². The second kappa shape index (κ2) is 2.28. The quantitative estimate of drug-likeness (QED) is 0.558. The van der Waals surface area contributed by atoms with E-state index >= 15 is 0 Å². The van der Waals surface area contributed by atoms with Crippen LogP contribution < -0.4 is 0 Å². The Morgan fingerprint density at radius 2 is 2.25 bits per heavy atom. The Balaban J connectivity index is 2.33. The van der Waals surface area contributed by atoms with Gasteiger partial charge in [0.25, 0.3) is 0 Å². The van der Waals surface area contributed by atoms with E-state index < -0.39 is 0 Å². The van der Waals surface area contributed by atoms with E-state index in [-0.39, 0.29) is 0 Å². The summed E-state index contributed by atoms with van der Waals surface area (Å²) >= 11 is 4.23. The molecule has 0 bridgehead atoms. The lowest BCUT2D eigenvalue weighted by atomic mass is 9.86. The summed E-state index contributed by atoms with van der Waals surface area (Å²) in [6, 6.07) is 0. The Hall–Kier alpha value is 0.310. The first-order valence-electron chi connectivity index (χ1n) is 3.01. The molecule has 1 aliphatic heterocycles. The lowest BCUT2D eigenvalue weighted by Gasteiger charge is -2.39. The van der Waals surface area contributed by atoms with E-state index in [1.165, 1.54) is 6.42 Å². The average Bonchev–Trinajstić information content (AvgIpc) is 1.67. The molecule has 1 saturated heterocycles. The van der Waals surface area contributed by atoms with E-state index in [2.05, 4.69) is 19.6 Å². The molecule has 0 aliphatic carbocycles. The van der Waals surface area contributed by atoms with Gasteiger partial charge in [0.1, 0.15) is 0 Å². The van der Waals surface area contributed by atoms with E-state index in [1.807, 2.05) is 0 Å². The summed E-state index contributed by atoms with van der Waals surface area (Å²) in [5.41, 5.74) is 0.448. The Kier molecular flexibility index (Phi) is 1.83. The van der Waals surface area contributed by atoms with Crippen molar-refractivity contribution in [2.24, 2.45) is 5.41 Å². The van der Waals surface area contributed by atoms with Crippen molar-refractivity contribution in [2.75, 3.05) is 19.0 Å². The number of hydrogen-bond acceptors (Lipinski definition) is 2. The van der Waals surface area contributed by atoms with Gasteiger partial charge in [-0.2, -0.15) is 12.6 Å². The van der Waals surface area contributed by atoms with Gasteiger partial charge in [-0.15, -0.1) is 0 Å². The fourth-order valence-corrected chi connectivity index (χ4v) is 1.20. The molecule has 0 N–H and O–H groups in total. The molecular weight excluding hydrogens is 120 g/mol. The molecule has 0 atom stereocenters.